The number of aliphatic hydroxyl groups is 1. The molecule has 0 bridgehead atoms. The van der Waals surface area contributed by atoms with Crippen molar-refractivity contribution in [2.24, 2.45) is 0 Å². The first-order valence-corrected chi connectivity index (χ1v) is 6.97. The lowest BCUT2D eigenvalue weighted by Crippen LogP contribution is -2.53. The van der Waals surface area contributed by atoms with Crippen molar-refractivity contribution >= 4 is 0 Å². The molecule has 106 valence electrons. The fourth-order valence-electron chi connectivity index (χ4n) is 2.95. The van der Waals surface area contributed by atoms with Crippen LogP contribution in [0.5, 0.6) is 0 Å². The van der Waals surface area contributed by atoms with Crippen LogP contribution in [0, 0.1) is 13.8 Å². The SMILES string of the molecule is Cc1cccc(C)c1CN1CC(CO)OC(C)(C)C1. The summed E-state index contributed by atoms with van der Waals surface area (Å²) in [7, 11) is 0. The van der Waals surface area contributed by atoms with Crippen molar-refractivity contribution in [2.45, 2.75) is 45.9 Å². The van der Waals surface area contributed by atoms with E-state index in [2.05, 4.69) is 50.8 Å². The fraction of sp³-hybridized carbons (Fsp3) is 0.625. The molecule has 1 aromatic rings. The van der Waals surface area contributed by atoms with Crippen LogP contribution in [-0.2, 0) is 11.3 Å². The Morgan fingerprint density at radius 2 is 1.95 bits per heavy atom. The quantitative estimate of drug-likeness (QED) is 0.908. The predicted molar refractivity (Wildman–Crippen MR) is 77.2 cm³/mol. The molecule has 0 amide bonds. The van der Waals surface area contributed by atoms with Crippen LogP contribution in [0.4, 0.5) is 0 Å². The van der Waals surface area contributed by atoms with E-state index in [0.717, 1.165) is 19.6 Å². The number of aryl methyl sites for hydroxylation is 2. The first-order valence-electron chi connectivity index (χ1n) is 6.97. The van der Waals surface area contributed by atoms with Crippen molar-refractivity contribution in [1.82, 2.24) is 4.90 Å². The number of benzene rings is 1. The second-order valence-corrected chi connectivity index (χ2v) is 6.22. The summed E-state index contributed by atoms with van der Waals surface area (Å²) in [6.07, 6.45) is -0.0759. The molecule has 1 fully saturated rings. The second-order valence-electron chi connectivity index (χ2n) is 6.22. The molecule has 0 saturated carbocycles. The van der Waals surface area contributed by atoms with E-state index in [1.165, 1.54) is 16.7 Å². The van der Waals surface area contributed by atoms with Crippen molar-refractivity contribution in [2.75, 3.05) is 19.7 Å². The zero-order chi connectivity index (χ0) is 14.0. The number of hydrogen-bond donors (Lipinski definition) is 1. The number of aliphatic hydroxyl groups excluding tert-OH is 1. The molecule has 0 radical (unpaired) electrons. The first-order chi connectivity index (χ1) is 8.91. The van der Waals surface area contributed by atoms with E-state index in [0.29, 0.717) is 0 Å². The van der Waals surface area contributed by atoms with Crippen LogP contribution in [0.15, 0.2) is 18.2 Å². The van der Waals surface area contributed by atoms with Gasteiger partial charge < -0.3 is 9.84 Å². The van der Waals surface area contributed by atoms with Crippen molar-refractivity contribution < 1.29 is 9.84 Å². The fourth-order valence-corrected chi connectivity index (χ4v) is 2.95. The Morgan fingerprint density at radius 1 is 1.32 bits per heavy atom. The highest BCUT2D eigenvalue weighted by Crippen LogP contribution is 2.24. The molecule has 19 heavy (non-hydrogen) atoms. The molecule has 1 N–H and O–H groups in total. The highest BCUT2D eigenvalue weighted by atomic mass is 16.5. The van der Waals surface area contributed by atoms with Crippen LogP contribution in [0.3, 0.4) is 0 Å². The van der Waals surface area contributed by atoms with Gasteiger partial charge in [-0.2, -0.15) is 0 Å². The summed E-state index contributed by atoms with van der Waals surface area (Å²) in [5.41, 5.74) is 3.88. The van der Waals surface area contributed by atoms with E-state index in [1.807, 2.05) is 0 Å². The summed E-state index contributed by atoms with van der Waals surface area (Å²) >= 11 is 0. The molecule has 1 unspecified atom stereocenters. The third-order valence-electron chi connectivity index (χ3n) is 3.78. The standard InChI is InChI=1S/C16H25NO2/c1-12-6-5-7-13(2)15(12)9-17-8-14(10-18)19-16(3,4)11-17/h5-7,14,18H,8-11H2,1-4H3. The summed E-state index contributed by atoms with van der Waals surface area (Å²) in [5.74, 6) is 0. The molecule has 1 atom stereocenters. The maximum absolute atomic E-state index is 9.36. The molecular formula is C16H25NO2. The largest absolute Gasteiger partial charge is 0.394 e. The van der Waals surface area contributed by atoms with Gasteiger partial charge in [-0.1, -0.05) is 18.2 Å². The number of rotatable bonds is 3. The van der Waals surface area contributed by atoms with Gasteiger partial charge in [-0.15, -0.1) is 0 Å². The molecule has 1 aliphatic heterocycles. The first kappa shape index (κ1) is 14.5. The molecule has 3 nitrogen and oxygen atoms in total. The molecule has 1 heterocycles. The van der Waals surface area contributed by atoms with E-state index in [-0.39, 0.29) is 18.3 Å². The van der Waals surface area contributed by atoms with Gasteiger partial charge in [-0.3, -0.25) is 4.90 Å². The van der Waals surface area contributed by atoms with Gasteiger partial charge in [0.1, 0.15) is 0 Å². The van der Waals surface area contributed by atoms with Crippen LogP contribution < -0.4 is 0 Å². The molecule has 1 aliphatic rings. The van der Waals surface area contributed by atoms with E-state index in [1.54, 1.807) is 0 Å². The Morgan fingerprint density at radius 3 is 2.53 bits per heavy atom. The van der Waals surface area contributed by atoms with Crippen molar-refractivity contribution in [3.63, 3.8) is 0 Å². The second kappa shape index (κ2) is 5.61. The van der Waals surface area contributed by atoms with E-state index < -0.39 is 0 Å². The Bertz CT molecular complexity index is 422. The maximum Gasteiger partial charge on any atom is 0.0940 e. The van der Waals surface area contributed by atoms with Gasteiger partial charge in [-0.05, 0) is 44.4 Å². The number of ether oxygens (including phenoxy) is 1. The lowest BCUT2D eigenvalue weighted by molar-refractivity contribution is -0.150. The van der Waals surface area contributed by atoms with Crippen LogP contribution in [0.2, 0.25) is 0 Å². The molecule has 2 rings (SSSR count). The van der Waals surface area contributed by atoms with Crippen LogP contribution >= 0.6 is 0 Å². The van der Waals surface area contributed by atoms with Gasteiger partial charge in [-0.25, -0.2) is 0 Å². The summed E-state index contributed by atoms with van der Waals surface area (Å²) in [4.78, 5) is 2.39. The number of hydrogen-bond acceptors (Lipinski definition) is 3. The van der Waals surface area contributed by atoms with Gasteiger partial charge in [0.15, 0.2) is 0 Å². The molecule has 0 aliphatic carbocycles. The van der Waals surface area contributed by atoms with Gasteiger partial charge >= 0.3 is 0 Å². The molecule has 1 aromatic carbocycles. The lowest BCUT2D eigenvalue weighted by atomic mass is 10.00. The summed E-state index contributed by atoms with van der Waals surface area (Å²) in [6.45, 7) is 11.2. The molecule has 3 heteroatoms. The van der Waals surface area contributed by atoms with Crippen molar-refractivity contribution in [1.29, 1.82) is 0 Å². The number of morpholine rings is 1. The molecule has 0 aromatic heterocycles. The van der Waals surface area contributed by atoms with E-state index in [9.17, 15) is 5.11 Å². The van der Waals surface area contributed by atoms with Crippen LogP contribution in [0.1, 0.15) is 30.5 Å². The van der Waals surface area contributed by atoms with Gasteiger partial charge in [0.2, 0.25) is 0 Å². The Balaban J connectivity index is 2.14. The summed E-state index contributed by atoms with van der Waals surface area (Å²) in [5, 5.41) is 9.36. The van der Waals surface area contributed by atoms with Crippen molar-refractivity contribution in [3.05, 3.63) is 34.9 Å². The zero-order valence-corrected chi connectivity index (χ0v) is 12.4. The third kappa shape index (κ3) is 3.56. The third-order valence-corrected chi connectivity index (χ3v) is 3.78. The van der Waals surface area contributed by atoms with Crippen LogP contribution in [0.25, 0.3) is 0 Å². The normalized spacial score (nSPS) is 23.5. The number of nitrogens with zero attached hydrogens (tertiary/aromatic N) is 1. The van der Waals surface area contributed by atoms with E-state index >= 15 is 0 Å². The lowest BCUT2D eigenvalue weighted by Gasteiger charge is -2.42. The smallest absolute Gasteiger partial charge is 0.0940 e. The predicted octanol–water partition coefficient (Wildman–Crippen LogP) is 2.28. The molecule has 1 saturated heterocycles. The minimum absolute atomic E-state index is 0.0759. The van der Waals surface area contributed by atoms with Gasteiger partial charge in [0.05, 0.1) is 18.3 Å². The van der Waals surface area contributed by atoms with Gasteiger partial charge in [0, 0.05) is 19.6 Å². The van der Waals surface area contributed by atoms with Gasteiger partial charge in [0.25, 0.3) is 0 Å². The average Bonchev–Trinajstić information content (AvgIpc) is 2.32. The Labute approximate surface area is 116 Å². The minimum atomic E-state index is -0.192. The van der Waals surface area contributed by atoms with E-state index in [4.69, 9.17) is 4.74 Å². The average molecular weight is 263 g/mol. The highest BCUT2D eigenvalue weighted by molar-refractivity contribution is 5.33. The van der Waals surface area contributed by atoms with Crippen LogP contribution in [-0.4, -0.2) is 41.4 Å². The maximum atomic E-state index is 9.36. The Hall–Kier alpha value is -0.900. The monoisotopic (exact) mass is 263 g/mol. The molecule has 0 spiro atoms. The van der Waals surface area contributed by atoms with Crippen molar-refractivity contribution in [3.8, 4) is 0 Å². The highest BCUT2D eigenvalue weighted by Gasteiger charge is 2.33. The summed E-state index contributed by atoms with van der Waals surface area (Å²) in [6, 6.07) is 6.43. The minimum Gasteiger partial charge on any atom is -0.394 e. The Kier molecular flexibility index (Phi) is 4.29. The summed E-state index contributed by atoms with van der Waals surface area (Å²) < 4.78 is 5.86. The topological polar surface area (TPSA) is 32.7 Å². The molecular weight excluding hydrogens is 238 g/mol. The zero-order valence-electron chi connectivity index (χ0n) is 12.4.